The van der Waals surface area contributed by atoms with Crippen molar-refractivity contribution in [1.82, 2.24) is 62.6 Å². The van der Waals surface area contributed by atoms with Crippen LogP contribution in [0.25, 0.3) is 0 Å². The third-order valence-corrected chi connectivity index (χ3v) is 31.4. The van der Waals surface area contributed by atoms with Gasteiger partial charge in [0.2, 0.25) is 10.0 Å². The smallest absolute Gasteiger partial charge is 0.253 e. The maximum Gasteiger partial charge on any atom is 0.253 e. The number of fused-ring (bicyclic) bond motifs is 8. The van der Waals surface area contributed by atoms with E-state index in [4.69, 9.17) is 32.7 Å². The molecule has 0 radical (unpaired) electrons. The Kier molecular flexibility index (Phi) is 26.9. The van der Waals surface area contributed by atoms with E-state index in [-0.39, 0.29) is 88.2 Å². The highest BCUT2D eigenvalue weighted by atomic mass is 35.5. The number of piperidine rings is 4. The van der Waals surface area contributed by atoms with Crippen LogP contribution in [0, 0.1) is 17.8 Å². The summed E-state index contributed by atoms with van der Waals surface area (Å²) >= 11 is 12.7. The fourth-order valence-electron chi connectivity index (χ4n) is 21.1. The van der Waals surface area contributed by atoms with E-state index < -0.39 is 15.4 Å². The van der Waals surface area contributed by atoms with Crippen LogP contribution in [0.1, 0.15) is 269 Å². The van der Waals surface area contributed by atoms with E-state index in [0.29, 0.717) is 72.5 Å². The number of ether oxygens (including phenoxy) is 2. The normalized spacial score (nSPS) is 20.0. The van der Waals surface area contributed by atoms with Gasteiger partial charge in [-0.25, -0.2) is 13.1 Å². The van der Waals surface area contributed by atoms with Gasteiger partial charge in [0.25, 0.3) is 23.6 Å². The molecule has 2 saturated carbocycles. The minimum atomic E-state index is -3.54. The highest BCUT2D eigenvalue weighted by Crippen LogP contribution is 2.51. The van der Waals surface area contributed by atoms with Crippen LogP contribution in [0.5, 0.6) is 11.5 Å². The third kappa shape index (κ3) is 18.7. The molecule has 4 amide bonds. The summed E-state index contributed by atoms with van der Waals surface area (Å²) in [6, 6.07) is 41.8. The number of likely N-dealkylation sites (N-methyl/N-ethyl adjacent to an activating group) is 3. The van der Waals surface area contributed by atoms with E-state index >= 15 is 0 Å². The number of amides is 4. The lowest BCUT2D eigenvalue weighted by Gasteiger charge is -2.51. The Morgan fingerprint density at radius 2 is 0.945 bits per heavy atom. The number of unbranched alkanes of at least 4 members (excludes halogenated alkanes) is 1. The lowest BCUT2D eigenvalue weighted by molar-refractivity contribution is 0.0123. The molecule has 4 saturated heterocycles. The highest BCUT2D eigenvalue weighted by Gasteiger charge is 2.53. The Hall–Kier alpha value is -9.18. The van der Waals surface area contributed by atoms with Gasteiger partial charge in [-0.3, -0.25) is 53.6 Å². The fraction of sp³-hybridized carbons (Fsp3) is 0.535. The Balaban J connectivity index is 0.000000147. The minimum absolute atomic E-state index is 0. The topological polar surface area (TPSA) is 239 Å². The Morgan fingerprint density at radius 1 is 0.516 bits per heavy atom. The van der Waals surface area contributed by atoms with Crippen molar-refractivity contribution in [2.45, 2.75) is 243 Å². The summed E-state index contributed by atoms with van der Waals surface area (Å²) in [5.41, 5.74) is 10.8. The number of rotatable bonds is 17. The second kappa shape index (κ2) is 36.9. The molecule has 18 rings (SSSR count). The minimum Gasteiger partial charge on any atom is -0.496 e. The van der Waals surface area contributed by atoms with Crippen molar-refractivity contribution >= 4 is 74.2 Å². The van der Waals surface area contributed by atoms with Crippen molar-refractivity contribution in [3.05, 3.63) is 217 Å². The van der Waals surface area contributed by atoms with Gasteiger partial charge in [0.1, 0.15) is 16.7 Å². The number of nitrogens with zero attached hydrogens (tertiary/aromatic N) is 11. The van der Waals surface area contributed by atoms with Gasteiger partial charge in [0.15, 0.2) is 17.3 Å². The van der Waals surface area contributed by atoms with Gasteiger partial charge in [-0.2, -0.15) is 0 Å². The molecular weight excluding hydrogens is 1670 g/mol. The highest BCUT2D eigenvalue weighted by molar-refractivity contribution is 7.89. The van der Waals surface area contributed by atoms with Crippen molar-refractivity contribution in [3.63, 3.8) is 0 Å². The molecule has 24 nitrogen and oxygen atoms in total. The first kappa shape index (κ1) is 93.5. The van der Waals surface area contributed by atoms with Crippen LogP contribution in [-0.4, -0.2) is 220 Å². The number of hydrogen-bond acceptors (Lipinski definition) is 15. The van der Waals surface area contributed by atoms with E-state index in [2.05, 4.69) is 128 Å². The molecule has 6 fully saturated rings. The summed E-state index contributed by atoms with van der Waals surface area (Å²) in [5, 5.41) is 5.11. The maximum absolute atomic E-state index is 13.2. The number of benzene rings is 4. The molecule has 690 valence electrons. The van der Waals surface area contributed by atoms with Crippen LogP contribution in [0.15, 0.2) is 138 Å². The number of carbonyl (C=O) groups excluding carboxylic acids is 7. The fourth-order valence-corrected chi connectivity index (χ4v) is 22.9. The van der Waals surface area contributed by atoms with Crippen molar-refractivity contribution in [2.75, 3.05) is 100 Å². The molecule has 4 aromatic heterocycles. The molecule has 128 heavy (non-hydrogen) atoms. The van der Waals surface area contributed by atoms with Crippen molar-refractivity contribution in [2.24, 2.45) is 10.8 Å². The van der Waals surface area contributed by atoms with Crippen LogP contribution in [0.4, 0.5) is 0 Å². The Labute approximate surface area is 769 Å². The lowest BCUT2D eigenvalue weighted by Crippen LogP contribution is -2.63. The zero-order valence-corrected chi connectivity index (χ0v) is 80.0. The summed E-state index contributed by atoms with van der Waals surface area (Å²) < 4.78 is 47.4. The lowest BCUT2D eigenvalue weighted by atomic mass is 9.79. The van der Waals surface area contributed by atoms with Gasteiger partial charge in [-0.05, 0) is 278 Å². The van der Waals surface area contributed by atoms with Crippen LogP contribution < -0.4 is 19.5 Å². The molecule has 0 unspecified atom stereocenters. The number of likely N-dealkylation sites (tertiary alicyclic amines) is 4. The number of methoxy groups -OCH3 is 1. The third-order valence-electron chi connectivity index (χ3n) is 29.2. The summed E-state index contributed by atoms with van der Waals surface area (Å²) in [6.07, 6.45) is 14.0. The number of aryl methyl sites for hydroxylation is 2. The first-order chi connectivity index (χ1) is 60.8. The van der Waals surface area contributed by atoms with E-state index in [1.54, 1.807) is 44.4 Å². The predicted molar refractivity (Wildman–Crippen MR) is 505 cm³/mol. The van der Waals surface area contributed by atoms with Crippen LogP contribution >= 0.6 is 23.2 Å². The molecule has 8 aliphatic heterocycles. The largest absolute Gasteiger partial charge is 0.496 e. The SMILES string of the molecule is CC(=O)c1ccc2n1CC(C)(C)NC21CCN(C(=O)c2ccc(OC(C)C)c(Cl)c2)CC1.CCCCc1ccc(C(=O)N2CCC3(CC2)c2ccc(Cl)n2CCN3C)cc1.CN1CCn2c(C(=O)C(C)(C)C)ccc2C12CCN(C(=O)c1ccc(S(=O)(=O)NC3CC3)cc1)CC2.COc1ccc(C(=O)N2CCC3(CC2)c2ccc(C(=O)C4(C)CC4)n2CCN3C)cc1C.[HH].[HH]. The Morgan fingerprint density at radius 3 is 1.41 bits per heavy atom. The summed E-state index contributed by atoms with van der Waals surface area (Å²) in [5.74, 6) is 2.05. The average molecular weight is 1810 g/mol. The predicted octanol–water partition coefficient (Wildman–Crippen LogP) is 16.8. The quantitative estimate of drug-likeness (QED) is 0.0806. The number of aromatic nitrogens is 4. The molecule has 2 aliphatic carbocycles. The summed E-state index contributed by atoms with van der Waals surface area (Å²) in [6.45, 7) is 33.5. The van der Waals surface area contributed by atoms with Crippen LogP contribution in [-0.2, 0) is 64.8 Å². The van der Waals surface area contributed by atoms with Gasteiger partial charge in [-0.1, -0.05) is 76.4 Å². The van der Waals surface area contributed by atoms with E-state index in [1.807, 2.05) is 116 Å². The first-order valence-electron chi connectivity index (χ1n) is 46.3. The molecular formula is C101H135Cl2N13O11S. The van der Waals surface area contributed by atoms with Gasteiger partial charge in [-0.15, -0.1) is 0 Å². The van der Waals surface area contributed by atoms with Gasteiger partial charge in [0.05, 0.1) is 62.4 Å². The number of Topliss-reactive ketones (excluding diaryl/α,β-unsaturated/α-hetero) is 3. The van der Waals surface area contributed by atoms with Crippen molar-refractivity contribution in [3.8, 4) is 11.5 Å². The van der Waals surface area contributed by atoms with Crippen LogP contribution in [0.3, 0.4) is 0 Å². The molecule has 10 aliphatic rings. The number of nitrogens with one attached hydrogen (secondary N) is 2. The first-order valence-corrected chi connectivity index (χ1v) is 48.5. The van der Waals surface area contributed by atoms with Gasteiger partial charge >= 0.3 is 0 Å². The number of ketones is 3. The molecule has 0 bridgehead atoms. The van der Waals surface area contributed by atoms with E-state index in [9.17, 15) is 42.0 Å². The second-order valence-electron chi connectivity index (χ2n) is 39.8. The molecule has 4 spiro atoms. The van der Waals surface area contributed by atoms with Crippen molar-refractivity contribution < 1.29 is 54.3 Å². The Bertz CT molecular complexity index is 5610. The molecule has 0 atom stereocenters. The molecule has 8 aromatic rings. The number of sulfonamides is 1. The molecule has 2 N–H and O–H groups in total. The molecule has 4 aromatic carbocycles. The van der Waals surface area contributed by atoms with Crippen LogP contribution in [0.2, 0.25) is 10.2 Å². The summed E-state index contributed by atoms with van der Waals surface area (Å²) in [7, 11) is 4.63. The van der Waals surface area contributed by atoms with Crippen molar-refractivity contribution in [1.29, 1.82) is 0 Å². The average Bonchev–Trinajstić information content (AvgIpc) is 1.54. The number of carbonyl (C=O) groups is 7. The van der Waals surface area contributed by atoms with Gasteiger partial charge < -0.3 is 47.3 Å². The van der Waals surface area contributed by atoms with E-state index in [0.717, 1.165) is 193 Å². The van der Waals surface area contributed by atoms with E-state index in [1.165, 1.54) is 41.9 Å². The zero-order valence-electron chi connectivity index (χ0n) is 77.6. The zero-order chi connectivity index (χ0) is 91.5. The number of halogens is 2. The summed E-state index contributed by atoms with van der Waals surface area (Å²) in [4.78, 5) is 106. The standard InChI is InChI=1S/C27H36N4O4S.C26H33N3O3.C25H32ClN3O3.C23H30ClN3O.2H2/c1-26(2,3)24(32)22-11-12-23-27(29(4)17-18-31(22)23)13-15-30(16-14-27)25(33)19-5-9-21(10-6-19)36(34,35)28-20-7-8-20;1-18-17-19(5-7-21(18)32-4)24(31)28-13-11-26(12-14-28)22-8-6-20(23(30)25(2)9-10-25)29(22)16-15-27(26)3;1-16(2)32-21-8-6-18(14-19(21)26)23(31)28-12-10-25(11-13-28)22-9-7-20(17(3)30)29(22)15-24(4,5)27-25;1-3-4-5-18-6-8-19(9-7-18)22(28)26-14-12-23(13-15-26)20-10-11-21(24)27(20)17-16-25(23)2;;/h5-6,9-12,20,28H,7-8,13-18H2,1-4H3;5-8,17H,9-16H2,1-4H3;6-9,14,16,27H,10-13,15H2,1-5H3;6-11H,3-5,12-17H2,1-2H3;2*1H. The second-order valence-corrected chi connectivity index (χ2v) is 42.3. The molecule has 27 heteroatoms. The number of hydrogen-bond donors (Lipinski definition) is 2. The maximum atomic E-state index is 13.2. The monoisotopic (exact) mass is 1810 g/mol. The molecule has 12 heterocycles. The van der Waals surface area contributed by atoms with Gasteiger partial charge in [0, 0.05) is 175 Å².